The third kappa shape index (κ3) is 3.98. The summed E-state index contributed by atoms with van der Waals surface area (Å²) in [5, 5.41) is 11.2. The van der Waals surface area contributed by atoms with E-state index < -0.39 is 17.7 Å². The maximum Gasteiger partial charge on any atom is 0.295 e. The maximum atomic E-state index is 13.0. The number of benzene rings is 1. The van der Waals surface area contributed by atoms with Crippen molar-refractivity contribution in [3.63, 3.8) is 0 Å². The number of Topliss-reactive ketones (excluding diaryl/α,β-unsaturated/α-hetero) is 1. The molecule has 7 heteroatoms. The summed E-state index contributed by atoms with van der Waals surface area (Å²) >= 11 is 0. The van der Waals surface area contributed by atoms with Crippen molar-refractivity contribution in [2.45, 2.75) is 26.3 Å². The molecule has 1 aliphatic rings. The Balaban J connectivity index is 2.10. The summed E-state index contributed by atoms with van der Waals surface area (Å²) in [5.74, 6) is -0.390. The van der Waals surface area contributed by atoms with Gasteiger partial charge >= 0.3 is 0 Å². The van der Waals surface area contributed by atoms with Gasteiger partial charge in [-0.05, 0) is 76.3 Å². The molecule has 0 aliphatic carbocycles. The minimum atomic E-state index is -0.760. The number of rotatable bonds is 7. The number of carbonyl (C=O) groups excluding carboxylic acids is 2. The predicted molar refractivity (Wildman–Crippen MR) is 113 cm³/mol. The number of ketones is 1. The Labute approximate surface area is 176 Å². The number of aliphatic hydroxyl groups excluding tert-OH is 1. The molecule has 0 spiro atoms. The molecule has 1 amide bonds. The molecule has 1 aromatic heterocycles. The normalized spacial score (nSPS) is 18.5. The number of methoxy groups -OCH3 is 1. The molecular formula is C23H28N2O5. The van der Waals surface area contributed by atoms with Crippen molar-refractivity contribution in [3.05, 3.63) is 58.6 Å². The number of carbonyl (C=O) groups is 2. The highest BCUT2D eigenvalue weighted by atomic mass is 16.5. The highest BCUT2D eigenvalue weighted by molar-refractivity contribution is 6.46. The Hall–Kier alpha value is -3.06. The molecule has 0 radical (unpaired) electrons. The standard InChI is InChI=1S/C23H28N2O5/c1-14-13-18(29-5)15(2)12-16(14)21(26)19-20(17-8-6-11-30-17)25(23(28)22(19)27)10-7-9-24(3)4/h6,8,11-13,20,26H,7,9-10H2,1-5H3/b21-19-. The molecular weight excluding hydrogens is 384 g/mol. The Kier molecular flexibility index (Phi) is 6.31. The zero-order valence-electron chi connectivity index (χ0n) is 18.1. The molecule has 1 aliphatic heterocycles. The number of furan rings is 1. The van der Waals surface area contributed by atoms with Crippen LogP contribution in [0.2, 0.25) is 0 Å². The summed E-state index contributed by atoms with van der Waals surface area (Å²) in [6.45, 7) is 4.83. The predicted octanol–water partition coefficient (Wildman–Crippen LogP) is 3.28. The fourth-order valence-corrected chi connectivity index (χ4v) is 3.82. The molecule has 1 aromatic carbocycles. The van der Waals surface area contributed by atoms with E-state index >= 15 is 0 Å². The zero-order chi connectivity index (χ0) is 22.0. The van der Waals surface area contributed by atoms with E-state index in [1.807, 2.05) is 32.8 Å². The number of nitrogens with zero attached hydrogens (tertiary/aromatic N) is 2. The Morgan fingerprint density at radius 3 is 2.57 bits per heavy atom. The molecule has 3 rings (SSSR count). The van der Waals surface area contributed by atoms with Crippen LogP contribution in [0.4, 0.5) is 0 Å². The van der Waals surface area contributed by atoms with E-state index in [1.165, 1.54) is 11.2 Å². The molecule has 0 bridgehead atoms. The second kappa shape index (κ2) is 8.75. The summed E-state index contributed by atoms with van der Waals surface area (Å²) in [7, 11) is 5.48. The van der Waals surface area contributed by atoms with Crippen molar-refractivity contribution in [2.75, 3.05) is 34.3 Å². The van der Waals surface area contributed by atoms with Gasteiger partial charge < -0.3 is 24.1 Å². The molecule has 1 atom stereocenters. The Morgan fingerprint density at radius 1 is 1.23 bits per heavy atom. The highest BCUT2D eigenvalue weighted by Crippen LogP contribution is 2.40. The molecule has 0 saturated carbocycles. The van der Waals surface area contributed by atoms with Gasteiger partial charge in [-0.15, -0.1) is 0 Å². The van der Waals surface area contributed by atoms with Crippen LogP contribution in [0.3, 0.4) is 0 Å². The van der Waals surface area contributed by atoms with Crippen LogP contribution in [0, 0.1) is 13.8 Å². The summed E-state index contributed by atoms with van der Waals surface area (Å²) in [6.07, 6.45) is 2.19. The molecule has 1 unspecified atom stereocenters. The van der Waals surface area contributed by atoms with Crippen molar-refractivity contribution in [1.82, 2.24) is 9.80 Å². The van der Waals surface area contributed by atoms with Crippen LogP contribution in [0.25, 0.3) is 5.76 Å². The molecule has 2 aromatic rings. The SMILES string of the molecule is COc1cc(C)c(/C(O)=C2/C(=O)C(=O)N(CCCN(C)C)C2c2ccco2)cc1C. The summed E-state index contributed by atoms with van der Waals surface area (Å²) in [5.41, 5.74) is 2.11. The van der Waals surface area contributed by atoms with Crippen LogP contribution in [-0.4, -0.2) is 60.9 Å². The van der Waals surface area contributed by atoms with Gasteiger partial charge in [0.15, 0.2) is 0 Å². The molecule has 1 saturated heterocycles. The largest absolute Gasteiger partial charge is 0.507 e. The fourth-order valence-electron chi connectivity index (χ4n) is 3.82. The van der Waals surface area contributed by atoms with Crippen molar-refractivity contribution in [1.29, 1.82) is 0 Å². The van der Waals surface area contributed by atoms with Crippen molar-refractivity contribution < 1.29 is 23.8 Å². The quantitative estimate of drug-likeness (QED) is 0.427. The highest BCUT2D eigenvalue weighted by Gasteiger charge is 2.47. The van der Waals surface area contributed by atoms with E-state index in [1.54, 1.807) is 31.4 Å². The molecule has 1 fully saturated rings. The number of hydrogen-bond acceptors (Lipinski definition) is 6. The lowest BCUT2D eigenvalue weighted by Crippen LogP contribution is -2.32. The zero-order valence-corrected chi connectivity index (χ0v) is 18.1. The van der Waals surface area contributed by atoms with Gasteiger partial charge in [0.2, 0.25) is 0 Å². The van der Waals surface area contributed by atoms with Gasteiger partial charge in [0, 0.05) is 12.1 Å². The third-order valence-electron chi connectivity index (χ3n) is 5.35. The Morgan fingerprint density at radius 2 is 1.97 bits per heavy atom. The minimum absolute atomic E-state index is 0.0486. The first kappa shape index (κ1) is 21.6. The molecule has 1 N–H and O–H groups in total. The third-order valence-corrected chi connectivity index (χ3v) is 5.35. The number of likely N-dealkylation sites (tertiary alicyclic amines) is 1. The Bertz CT molecular complexity index is 976. The minimum Gasteiger partial charge on any atom is -0.507 e. The van der Waals surface area contributed by atoms with Crippen LogP contribution in [-0.2, 0) is 9.59 Å². The second-order valence-electron chi connectivity index (χ2n) is 7.80. The first-order valence-electron chi connectivity index (χ1n) is 9.88. The molecule has 30 heavy (non-hydrogen) atoms. The van der Waals surface area contributed by atoms with Crippen LogP contribution < -0.4 is 4.74 Å². The fraction of sp³-hybridized carbons (Fsp3) is 0.391. The number of amides is 1. The number of aryl methyl sites for hydroxylation is 2. The number of ether oxygens (including phenoxy) is 1. The molecule has 160 valence electrons. The average Bonchev–Trinajstić information content (AvgIpc) is 3.31. The van der Waals surface area contributed by atoms with Crippen LogP contribution in [0.15, 0.2) is 40.5 Å². The van der Waals surface area contributed by atoms with E-state index in [9.17, 15) is 14.7 Å². The van der Waals surface area contributed by atoms with Crippen LogP contribution >= 0.6 is 0 Å². The summed E-state index contributed by atoms with van der Waals surface area (Å²) in [4.78, 5) is 29.3. The summed E-state index contributed by atoms with van der Waals surface area (Å²) < 4.78 is 10.9. The van der Waals surface area contributed by atoms with Gasteiger partial charge in [0.1, 0.15) is 23.3 Å². The number of hydrogen-bond donors (Lipinski definition) is 1. The smallest absolute Gasteiger partial charge is 0.295 e. The van der Waals surface area contributed by atoms with E-state index in [-0.39, 0.29) is 11.3 Å². The first-order valence-corrected chi connectivity index (χ1v) is 9.88. The lowest BCUT2D eigenvalue weighted by molar-refractivity contribution is -0.140. The van der Waals surface area contributed by atoms with Gasteiger partial charge in [-0.25, -0.2) is 0 Å². The van der Waals surface area contributed by atoms with Gasteiger partial charge in [-0.2, -0.15) is 0 Å². The lowest BCUT2D eigenvalue weighted by atomic mass is 9.95. The van der Waals surface area contributed by atoms with Gasteiger partial charge in [-0.3, -0.25) is 9.59 Å². The number of aliphatic hydroxyl groups is 1. The van der Waals surface area contributed by atoms with Crippen LogP contribution in [0.1, 0.15) is 34.9 Å². The van der Waals surface area contributed by atoms with Crippen molar-refractivity contribution in [2.24, 2.45) is 0 Å². The molecule has 2 heterocycles. The van der Waals surface area contributed by atoms with E-state index in [2.05, 4.69) is 0 Å². The van der Waals surface area contributed by atoms with E-state index in [0.29, 0.717) is 30.0 Å². The van der Waals surface area contributed by atoms with Crippen molar-refractivity contribution in [3.8, 4) is 5.75 Å². The second-order valence-corrected chi connectivity index (χ2v) is 7.80. The lowest BCUT2D eigenvalue weighted by Gasteiger charge is -2.24. The van der Waals surface area contributed by atoms with Crippen molar-refractivity contribution >= 4 is 17.4 Å². The topological polar surface area (TPSA) is 83.2 Å². The monoisotopic (exact) mass is 412 g/mol. The molecule has 7 nitrogen and oxygen atoms in total. The van der Waals surface area contributed by atoms with Gasteiger partial charge in [0.25, 0.3) is 11.7 Å². The van der Waals surface area contributed by atoms with E-state index in [4.69, 9.17) is 9.15 Å². The van der Waals surface area contributed by atoms with Gasteiger partial charge in [-0.1, -0.05) is 0 Å². The van der Waals surface area contributed by atoms with E-state index in [0.717, 1.165) is 17.7 Å². The summed E-state index contributed by atoms with van der Waals surface area (Å²) in [6, 6.07) is 6.23. The van der Waals surface area contributed by atoms with Crippen LogP contribution in [0.5, 0.6) is 5.75 Å². The first-order chi connectivity index (χ1) is 14.3. The van der Waals surface area contributed by atoms with Gasteiger partial charge in [0.05, 0.1) is 18.9 Å². The average molecular weight is 412 g/mol. The maximum absolute atomic E-state index is 13.0.